The molecule has 0 spiro atoms. The predicted octanol–water partition coefficient (Wildman–Crippen LogP) is 2.79. The fraction of sp³-hybridized carbons (Fsp3) is 0.125. The van der Waals surface area contributed by atoms with E-state index < -0.39 is 6.43 Å². The van der Waals surface area contributed by atoms with Crippen LogP contribution in [0.5, 0.6) is 0 Å². The van der Waals surface area contributed by atoms with E-state index in [4.69, 9.17) is 0 Å². The molecule has 1 N–H and O–H groups in total. The minimum absolute atomic E-state index is 0.0400. The van der Waals surface area contributed by atoms with Gasteiger partial charge in [0.2, 0.25) is 0 Å². The summed E-state index contributed by atoms with van der Waals surface area (Å²) in [5.41, 5.74) is 1.16. The third kappa shape index (κ3) is 1.39. The molecule has 2 rings (SSSR count). The molecule has 0 aliphatic carbocycles. The SMILES string of the molecule is FC(F)c1cc(S)c2nc[nH]c2c1. The molecule has 0 aliphatic rings. The number of benzene rings is 1. The highest BCUT2D eigenvalue weighted by atomic mass is 32.1. The largest absolute Gasteiger partial charge is 0.345 e. The molecular weight excluding hydrogens is 194 g/mol. The van der Waals surface area contributed by atoms with Gasteiger partial charge in [-0.2, -0.15) is 0 Å². The van der Waals surface area contributed by atoms with Gasteiger partial charge in [0, 0.05) is 10.5 Å². The van der Waals surface area contributed by atoms with Crippen molar-refractivity contribution < 1.29 is 8.78 Å². The highest BCUT2D eigenvalue weighted by Crippen LogP contribution is 2.26. The summed E-state index contributed by atoms with van der Waals surface area (Å²) in [6.07, 6.45) is -1.02. The Kier molecular flexibility index (Phi) is 1.95. The molecule has 1 aromatic heterocycles. The fourth-order valence-corrected chi connectivity index (χ4v) is 1.51. The first-order chi connectivity index (χ1) is 6.18. The molecule has 1 heterocycles. The minimum Gasteiger partial charge on any atom is -0.345 e. The summed E-state index contributed by atoms with van der Waals surface area (Å²) in [5, 5.41) is 0. The minimum atomic E-state index is -2.47. The number of nitrogens with one attached hydrogen (secondary N) is 1. The normalized spacial score (nSPS) is 11.4. The zero-order valence-electron chi connectivity index (χ0n) is 6.46. The van der Waals surface area contributed by atoms with Crippen molar-refractivity contribution in [1.82, 2.24) is 9.97 Å². The average molecular weight is 200 g/mol. The Morgan fingerprint density at radius 3 is 2.85 bits per heavy atom. The average Bonchev–Trinajstić information content (AvgIpc) is 2.51. The molecule has 0 amide bonds. The van der Waals surface area contributed by atoms with Crippen molar-refractivity contribution in [2.24, 2.45) is 0 Å². The lowest BCUT2D eigenvalue weighted by atomic mass is 10.2. The summed E-state index contributed by atoms with van der Waals surface area (Å²) in [4.78, 5) is 7.17. The monoisotopic (exact) mass is 200 g/mol. The van der Waals surface area contributed by atoms with Crippen LogP contribution in [0.25, 0.3) is 11.0 Å². The standard InChI is InChI=1S/C8H6F2N2S/c9-8(10)4-1-5-7(6(13)2-4)12-3-11-5/h1-3,8,13H,(H,11,12). The number of fused-ring (bicyclic) bond motifs is 1. The third-order valence-corrected chi connectivity index (χ3v) is 2.12. The Labute approximate surface area is 78.4 Å². The first kappa shape index (κ1) is 8.50. The lowest BCUT2D eigenvalue weighted by Crippen LogP contribution is -1.85. The van der Waals surface area contributed by atoms with E-state index in [1.54, 1.807) is 0 Å². The predicted molar refractivity (Wildman–Crippen MR) is 48.3 cm³/mol. The van der Waals surface area contributed by atoms with Crippen molar-refractivity contribution >= 4 is 23.7 Å². The van der Waals surface area contributed by atoms with E-state index in [0.717, 1.165) is 0 Å². The van der Waals surface area contributed by atoms with Crippen LogP contribution in [0.15, 0.2) is 23.4 Å². The van der Waals surface area contributed by atoms with E-state index in [1.807, 2.05) is 0 Å². The van der Waals surface area contributed by atoms with E-state index >= 15 is 0 Å². The summed E-state index contributed by atoms with van der Waals surface area (Å²) >= 11 is 4.06. The van der Waals surface area contributed by atoms with Crippen molar-refractivity contribution in [3.05, 3.63) is 24.0 Å². The number of hydrogen-bond acceptors (Lipinski definition) is 2. The van der Waals surface area contributed by atoms with Gasteiger partial charge in [-0.1, -0.05) is 0 Å². The van der Waals surface area contributed by atoms with E-state index in [9.17, 15) is 8.78 Å². The maximum absolute atomic E-state index is 12.3. The Morgan fingerprint density at radius 2 is 2.15 bits per heavy atom. The smallest absolute Gasteiger partial charge is 0.263 e. The quantitative estimate of drug-likeness (QED) is 0.681. The van der Waals surface area contributed by atoms with E-state index in [2.05, 4.69) is 22.6 Å². The summed E-state index contributed by atoms with van der Waals surface area (Å²) < 4.78 is 24.6. The van der Waals surface area contributed by atoms with Gasteiger partial charge in [-0.25, -0.2) is 13.8 Å². The molecular formula is C8H6F2N2S. The van der Waals surface area contributed by atoms with Gasteiger partial charge in [0.15, 0.2) is 0 Å². The zero-order valence-corrected chi connectivity index (χ0v) is 7.35. The number of hydrogen-bond donors (Lipinski definition) is 2. The zero-order chi connectivity index (χ0) is 9.42. The van der Waals surface area contributed by atoms with Crippen LogP contribution in [0.4, 0.5) is 8.78 Å². The number of imidazole rings is 1. The molecule has 0 aliphatic heterocycles. The second-order valence-electron chi connectivity index (χ2n) is 2.64. The van der Waals surface area contributed by atoms with Crippen LogP contribution in [0.1, 0.15) is 12.0 Å². The lowest BCUT2D eigenvalue weighted by Gasteiger charge is -2.00. The number of alkyl halides is 2. The van der Waals surface area contributed by atoms with Crippen LogP contribution < -0.4 is 0 Å². The van der Waals surface area contributed by atoms with E-state index in [0.29, 0.717) is 15.9 Å². The Hall–Kier alpha value is -1.10. The van der Waals surface area contributed by atoms with Gasteiger partial charge >= 0.3 is 0 Å². The Balaban J connectivity index is 2.70. The fourth-order valence-electron chi connectivity index (χ4n) is 1.18. The first-order valence-electron chi connectivity index (χ1n) is 3.62. The van der Waals surface area contributed by atoms with Gasteiger partial charge in [0.05, 0.1) is 11.8 Å². The van der Waals surface area contributed by atoms with Gasteiger partial charge in [0.1, 0.15) is 5.52 Å². The van der Waals surface area contributed by atoms with Crippen LogP contribution in [0.3, 0.4) is 0 Å². The molecule has 0 fully saturated rings. The molecule has 68 valence electrons. The van der Waals surface area contributed by atoms with Gasteiger partial charge in [-0.15, -0.1) is 12.6 Å². The number of thiol groups is 1. The molecule has 0 atom stereocenters. The number of nitrogens with zero attached hydrogens (tertiary/aromatic N) is 1. The van der Waals surface area contributed by atoms with Gasteiger partial charge < -0.3 is 4.98 Å². The van der Waals surface area contributed by atoms with Crippen molar-refractivity contribution in [3.8, 4) is 0 Å². The highest BCUT2D eigenvalue weighted by molar-refractivity contribution is 7.80. The molecule has 0 saturated carbocycles. The van der Waals surface area contributed by atoms with Gasteiger partial charge in [-0.05, 0) is 12.1 Å². The van der Waals surface area contributed by atoms with Crippen molar-refractivity contribution in [3.63, 3.8) is 0 Å². The van der Waals surface area contributed by atoms with Crippen molar-refractivity contribution in [2.75, 3.05) is 0 Å². The van der Waals surface area contributed by atoms with Crippen LogP contribution in [-0.4, -0.2) is 9.97 Å². The number of rotatable bonds is 1. The summed E-state index contributed by atoms with van der Waals surface area (Å²) in [5.74, 6) is 0. The van der Waals surface area contributed by atoms with Crippen LogP contribution >= 0.6 is 12.6 Å². The molecule has 0 radical (unpaired) electrons. The van der Waals surface area contributed by atoms with E-state index in [-0.39, 0.29) is 5.56 Å². The molecule has 2 nitrogen and oxygen atoms in total. The number of aromatic nitrogens is 2. The molecule has 1 aromatic carbocycles. The first-order valence-corrected chi connectivity index (χ1v) is 4.07. The lowest BCUT2D eigenvalue weighted by molar-refractivity contribution is 0.151. The molecule has 0 unspecified atom stereocenters. The highest BCUT2D eigenvalue weighted by Gasteiger charge is 2.10. The molecule has 13 heavy (non-hydrogen) atoms. The van der Waals surface area contributed by atoms with Crippen LogP contribution in [-0.2, 0) is 0 Å². The Bertz CT molecular complexity index is 439. The Morgan fingerprint density at radius 1 is 1.38 bits per heavy atom. The van der Waals surface area contributed by atoms with Crippen molar-refractivity contribution in [2.45, 2.75) is 11.3 Å². The maximum Gasteiger partial charge on any atom is 0.263 e. The van der Waals surface area contributed by atoms with Gasteiger partial charge in [-0.3, -0.25) is 0 Å². The van der Waals surface area contributed by atoms with E-state index in [1.165, 1.54) is 18.5 Å². The third-order valence-electron chi connectivity index (χ3n) is 1.78. The van der Waals surface area contributed by atoms with Crippen LogP contribution in [0, 0.1) is 0 Å². The second-order valence-corrected chi connectivity index (χ2v) is 3.12. The summed E-state index contributed by atoms with van der Waals surface area (Å²) in [6, 6.07) is 2.71. The molecule has 0 bridgehead atoms. The van der Waals surface area contributed by atoms with Crippen LogP contribution in [0.2, 0.25) is 0 Å². The van der Waals surface area contributed by atoms with Crippen molar-refractivity contribution in [1.29, 1.82) is 0 Å². The molecule has 5 heteroatoms. The van der Waals surface area contributed by atoms with Gasteiger partial charge in [0.25, 0.3) is 6.43 Å². The molecule has 0 saturated heterocycles. The topological polar surface area (TPSA) is 28.7 Å². The number of aromatic amines is 1. The summed E-state index contributed by atoms with van der Waals surface area (Å²) in [7, 11) is 0. The maximum atomic E-state index is 12.3. The number of H-pyrrole nitrogens is 1. The molecule has 2 aromatic rings. The number of halogens is 2. The summed E-state index contributed by atoms with van der Waals surface area (Å²) in [6.45, 7) is 0. The second kappa shape index (κ2) is 2.99.